The number of para-hydroxylation sites is 1. The molecular weight excluding hydrogens is 492 g/mol. The molecule has 0 saturated carbocycles. The molecule has 0 bridgehead atoms. The fraction of sp³-hybridized carbons (Fsp3) is 0.0938. The molecular formula is C32H26N2O5. The number of carbonyl (C=O) groups excluding carboxylic acids is 3. The third-order valence-corrected chi connectivity index (χ3v) is 6.18. The van der Waals surface area contributed by atoms with Crippen LogP contribution in [0.3, 0.4) is 0 Å². The molecule has 0 atom stereocenters. The molecule has 4 amide bonds. The molecule has 39 heavy (non-hydrogen) atoms. The van der Waals surface area contributed by atoms with Crippen molar-refractivity contribution in [3.8, 4) is 11.5 Å². The molecule has 0 radical (unpaired) electrons. The Kier molecular flexibility index (Phi) is 7.50. The Labute approximate surface area is 226 Å². The van der Waals surface area contributed by atoms with E-state index < -0.39 is 17.8 Å². The molecule has 1 saturated heterocycles. The Morgan fingerprint density at radius 2 is 1.36 bits per heavy atom. The van der Waals surface area contributed by atoms with E-state index in [4.69, 9.17) is 9.47 Å². The average molecular weight is 519 g/mol. The van der Waals surface area contributed by atoms with Crippen molar-refractivity contribution in [2.75, 3.05) is 4.90 Å². The minimum Gasteiger partial charge on any atom is -0.489 e. The van der Waals surface area contributed by atoms with Crippen molar-refractivity contribution < 1.29 is 23.9 Å². The van der Waals surface area contributed by atoms with Crippen molar-refractivity contribution in [2.45, 2.75) is 20.1 Å². The largest absolute Gasteiger partial charge is 0.489 e. The summed E-state index contributed by atoms with van der Waals surface area (Å²) in [6, 6.07) is 30.5. The minimum absolute atomic E-state index is 0.176. The van der Waals surface area contributed by atoms with Gasteiger partial charge in [-0.25, -0.2) is 9.69 Å². The van der Waals surface area contributed by atoms with Crippen molar-refractivity contribution in [3.63, 3.8) is 0 Å². The maximum Gasteiger partial charge on any atom is 0.335 e. The quantitative estimate of drug-likeness (QED) is 0.235. The SMILES string of the molecule is Cc1ccc(COc2ccc(N3C(=O)NC(=O)/C(=C\c4ccccc4OCc4ccccc4)C3=O)cc2)cc1. The van der Waals surface area contributed by atoms with E-state index in [2.05, 4.69) is 5.32 Å². The van der Waals surface area contributed by atoms with Gasteiger partial charge >= 0.3 is 6.03 Å². The standard InChI is InChI=1S/C32H26N2O5/c1-22-11-13-24(14-12-22)20-38-27-17-15-26(16-18-27)34-31(36)28(30(35)33-32(34)37)19-25-9-5-6-10-29(25)39-21-23-7-3-2-4-8-23/h2-19H,20-21H2,1H3,(H,33,35,37)/b28-19+. The van der Waals surface area contributed by atoms with Crippen LogP contribution < -0.4 is 19.7 Å². The van der Waals surface area contributed by atoms with E-state index in [0.717, 1.165) is 16.0 Å². The van der Waals surface area contributed by atoms with Gasteiger partial charge in [0.25, 0.3) is 11.8 Å². The number of rotatable bonds is 8. The van der Waals surface area contributed by atoms with Gasteiger partial charge in [-0.2, -0.15) is 0 Å². The van der Waals surface area contributed by atoms with E-state index in [1.807, 2.05) is 67.6 Å². The van der Waals surface area contributed by atoms with Crippen LogP contribution in [-0.4, -0.2) is 17.8 Å². The van der Waals surface area contributed by atoms with Crippen LogP contribution in [0, 0.1) is 6.92 Å². The van der Waals surface area contributed by atoms with Gasteiger partial charge in [-0.3, -0.25) is 14.9 Å². The van der Waals surface area contributed by atoms with Gasteiger partial charge in [-0.05, 0) is 54.5 Å². The highest BCUT2D eigenvalue weighted by Crippen LogP contribution is 2.27. The van der Waals surface area contributed by atoms with Crippen molar-refractivity contribution in [2.24, 2.45) is 0 Å². The molecule has 0 unspecified atom stereocenters. The third kappa shape index (κ3) is 6.05. The molecule has 1 heterocycles. The van der Waals surface area contributed by atoms with E-state index in [1.165, 1.54) is 11.6 Å². The number of imide groups is 2. The van der Waals surface area contributed by atoms with Gasteiger partial charge in [0.05, 0.1) is 5.69 Å². The van der Waals surface area contributed by atoms with Crippen LogP contribution in [0.4, 0.5) is 10.5 Å². The molecule has 0 spiro atoms. The number of nitrogens with one attached hydrogen (secondary N) is 1. The molecule has 1 aliphatic heterocycles. The predicted molar refractivity (Wildman–Crippen MR) is 148 cm³/mol. The lowest BCUT2D eigenvalue weighted by atomic mass is 10.1. The van der Waals surface area contributed by atoms with Crippen LogP contribution in [-0.2, 0) is 22.8 Å². The molecule has 4 aromatic carbocycles. The maximum atomic E-state index is 13.4. The molecule has 1 aliphatic rings. The summed E-state index contributed by atoms with van der Waals surface area (Å²) in [5.74, 6) is -0.402. The Hall–Kier alpha value is -5.17. The number of aryl methyl sites for hydroxylation is 1. The van der Waals surface area contributed by atoms with E-state index in [1.54, 1.807) is 42.5 Å². The summed E-state index contributed by atoms with van der Waals surface area (Å²) in [7, 11) is 0. The van der Waals surface area contributed by atoms with Crippen LogP contribution in [0.1, 0.15) is 22.3 Å². The molecule has 5 rings (SSSR count). The summed E-state index contributed by atoms with van der Waals surface area (Å²) in [6.07, 6.45) is 1.44. The van der Waals surface area contributed by atoms with Gasteiger partial charge in [0, 0.05) is 5.56 Å². The number of carbonyl (C=O) groups is 3. The average Bonchev–Trinajstić information content (AvgIpc) is 2.95. The first-order chi connectivity index (χ1) is 19.0. The molecule has 0 aromatic heterocycles. The number of benzene rings is 4. The Morgan fingerprint density at radius 1 is 0.718 bits per heavy atom. The third-order valence-electron chi connectivity index (χ3n) is 6.18. The van der Waals surface area contributed by atoms with Crippen molar-refractivity contribution in [1.82, 2.24) is 5.32 Å². The number of anilines is 1. The second-order valence-electron chi connectivity index (χ2n) is 9.04. The van der Waals surface area contributed by atoms with Gasteiger partial charge in [0.15, 0.2) is 0 Å². The highest BCUT2D eigenvalue weighted by molar-refractivity contribution is 6.39. The number of nitrogens with zero attached hydrogens (tertiary/aromatic N) is 1. The second-order valence-corrected chi connectivity index (χ2v) is 9.04. The van der Waals surface area contributed by atoms with Gasteiger partial charge in [-0.1, -0.05) is 78.4 Å². The zero-order chi connectivity index (χ0) is 27.2. The van der Waals surface area contributed by atoms with Gasteiger partial charge in [0.2, 0.25) is 0 Å². The normalized spacial score (nSPS) is 14.3. The first-order valence-corrected chi connectivity index (χ1v) is 12.4. The fourth-order valence-electron chi connectivity index (χ4n) is 4.06. The molecule has 194 valence electrons. The lowest BCUT2D eigenvalue weighted by Crippen LogP contribution is -2.54. The molecule has 1 fully saturated rings. The summed E-state index contributed by atoms with van der Waals surface area (Å²) in [5.41, 5.74) is 3.85. The Balaban J connectivity index is 1.33. The number of barbiturate groups is 1. The summed E-state index contributed by atoms with van der Waals surface area (Å²) in [5, 5.41) is 2.26. The van der Waals surface area contributed by atoms with Crippen molar-refractivity contribution >= 4 is 29.6 Å². The Bertz CT molecular complexity index is 1530. The first kappa shape index (κ1) is 25.5. The molecule has 7 nitrogen and oxygen atoms in total. The number of amides is 4. The summed E-state index contributed by atoms with van der Waals surface area (Å²) >= 11 is 0. The summed E-state index contributed by atoms with van der Waals surface area (Å²) in [4.78, 5) is 39.6. The second kappa shape index (κ2) is 11.5. The number of urea groups is 1. The summed E-state index contributed by atoms with van der Waals surface area (Å²) in [6.45, 7) is 2.73. The molecule has 1 N–H and O–H groups in total. The highest BCUT2D eigenvalue weighted by atomic mass is 16.5. The minimum atomic E-state index is -0.816. The van der Waals surface area contributed by atoms with Crippen LogP contribution in [0.5, 0.6) is 11.5 Å². The highest BCUT2D eigenvalue weighted by Gasteiger charge is 2.37. The van der Waals surface area contributed by atoms with Crippen LogP contribution in [0.15, 0.2) is 109 Å². The van der Waals surface area contributed by atoms with E-state index in [-0.39, 0.29) is 5.57 Å². The number of hydrogen-bond acceptors (Lipinski definition) is 5. The van der Waals surface area contributed by atoms with Crippen LogP contribution in [0.25, 0.3) is 6.08 Å². The van der Waals surface area contributed by atoms with Gasteiger partial charge in [0.1, 0.15) is 30.3 Å². The molecule has 7 heteroatoms. The monoisotopic (exact) mass is 518 g/mol. The Morgan fingerprint density at radius 3 is 2.10 bits per heavy atom. The van der Waals surface area contributed by atoms with E-state index in [9.17, 15) is 14.4 Å². The topological polar surface area (TPSA) is 84.9 Å². The fourth-order valence-corrected chi connectivity index (χ4v) is 4.06. The maximum absolute atomic E-state index is 13.4. The number of ether oxygens (including phenoxy) is 2. The van der Waals surface area contributed by atoms with Gasteiger partial charge < -0.3 is 9.47 Å². The molecule has 4 aromatic rings. The van der Waals surface area contributed by atoms with Crippen LogP contribution >= 0.6 is 0 Å². The zero-order valence-electron chi connectivity index (χ0n) is 21.3. The van der Waals surface area contributed by atoms with E-state index >= 15 is 0 Å². The lowest BCUT2D eigenvalue weighted by molar-refractivity contribution is -0.122. The predicted octanol–water partition coefficient (Wildman–Crippen LogP) is 5.82. The van der Waals surface area contributed by atoms with E-state index in [0.29, 0.717) is 36.0 Å². The lowest BCUT2D eigenvalue weighted by Gasteiger charge is -2.26. The van der Waals surface area contributed by atoms with Crippen LogP contribution in [0.2, 0.25) is 0 Å². The van der Waals surface area contributed by atoms with Crippen molar-refractivity contribution in [1.29, 1.82) is 0 Å². The van der Waals surface area contributed by atoms with Crippen molar-refractivity contribution in [3.05, 3.63) is 131 Å². The smallest absolute Gasteiger partial charge is 0.335 e. The molecule has 0 aliphatic carbocycles. The zero-order valence-corrected chi connectivity index (χ0v) is 21.3. The van der Waals surface area contributed by atoms with Gasteiger partial charge in [-0.15, -0.1) is 0 Å². The summed E-state index contributed by atoms with van der Waals surface area (Å²) < 4.78 is 11.8. The first-order valence-electron chi connectivity index (χ1n) is 12.4. The number of hydrogen-bond donors (Lipinski definition) is 1.